The molecule has 2 fully saturated rings. The van der Waals surface area contributed by atoms with Crippen molar-refractivity contribution in [1.82, 2.24) is 4.90 Å². The van der Waals surface area contributed by atoms with Crippen LogP contribution < -0.4 is 0 Å². The second-order valence-electron chi connectivity index (χ2n) is 3.91. The SMILES string of the molecule is CC(=O)OC12CCCN(CC1)C2.Cl. The minimum Gasteiger partial charge on any atom is -0.458 e. The van der Waals surface area contributed by atoms with Gasteiger partial charge >= 0.3 is 5.97 Å². The van der Waals surface area contributed by atoms with Crippen molar-refractivity contribution in [3.8, 4) is 0 Å². The highest BCUT2D eigenvalue weighted by Crippen LogP contribution is 2.34. The summed E-state index contributed by atoms with van der Waals surface area (Å²) in [5, 5.41) is 0. The van der Waals surface area contributed by atoms with Gasteiger partial charge in [0.1, 0.15) is 5.60 Å². The largest absolute Gasteiger partial charge is 0.458 e. The summed E-state index contributed by atoms with van der Waals surface area (Å²) in [6.07, 6.45) is 3.27. The number of carbonyl (C=O) groups is 1. The van der Waals surface area contributed by atoms with E-state index in [1.807, 2.05) is 0 Å². The second-order valence-corrected chi connectivity index (χ2v) is 3.91. The number of piperidine rings is 1. The van der Waals surface area contributed by atoms with Crippen molar-refractivity contribution in [3.63, 3.8) is 0 Å². The zero-order valence-electron chi connectivity index (χ0n) is 7.91. The quantitative estimate of drug-likeness (QED) is 0.603. The standard InChI is InChI=1S/C9H15NO2.ClH/c1-8(11)12-9-3-2-5-10(7-9)6-4-9;/h2-7H2,1H3;1H. The van der Waals surface area contributed by atoms with Crippen LogP contribution in [0.2, 0.25) is 0 Å². The zero-order valence-corrected chi connectivity index (χ0v) is 8.73. The molecule has 0 aliphatic carbocycles. The molecule has 2 aliphatic rings. The van der Waals surface area contributed by atoms with E-state index in [1.165, 1.54) is 19.9 Å². The van der Waals surface area contributed by atoms with E-state index < -0.39 is 0 Å². The first kappa shape index (κ1) is 10.8. The van der Waals surface area contributed by atoms with Gasteiger partial charge in [-0.2, -0.15) is 0 Å². The lowest BCUT2D eigenvalue weighted by Gasteiger charge is -2.33. The van der Waals surface area contributed by atoms with E-state index in [-0.39, 0.29) is 24.0 Å². The highest BCUT2D eigenvalue weighted by Gasteiger charge is 2.43. The Morgan fingerprint density at radius 1 is 1.38 bits per heavy atom. The molecule has 2 heterocycles. The molecule has 3 nitrogen and oxygen atoms in total. The van der Waals surface area contributed by atoms with Crippen LogP contribution in [-0.4, -0.2) is 36.1 Å². The Morgan fingerprint density at radius 3 is 2.85 bits per heavy atom. The minimum atomic E-state index is -0.126. The Bertz CT molecular complexity index is 206. The Labute approximate surface area is 84.8 Å². The van der Waals surface area contributed by atoms with Gasteiger partial charge < -0.3 is 4.74 Å². The van der Waals surface area contributed by atoms with E-state index in [0.717, 1.165) is 25.9 Å². The van der Waals surface area contributed by atoms with Crippen LogP contribution in [-0.2, 0) is 9.53 Å². The fourth-order valence-corrected chi connectivity index (χ4v) is 2.39. The maximum absolute atomic E-state index is 10.9. The van der Waals surface area contributed by atoms with Gasteiger partial charge in [-0.15, -0.1) is 12.4 Å². The number of nitrogens with zero attached hydrogens (tertiary/aromatic N) is 1. The molecule has 0 N–H and O–H groups in total. The van der Waals surface area contributed by atoms with Crippen molar-refractivity contribution >= 4 is 18.4 Å². The molecular formula is C9H16ClNO2. The molecule has 0 aromatic heterocycles. The normalized spacial score (nSPS) is 36.5. The van der Waals surface area contributed by atoms with Crippen LogP contribution in [0.1, 0.15) is 26.2 Å². The molecule has 2 bridgehead atoms. The van der Waals surface area contributed by atoms with Crippen molar-refractivity contribution in [2.45, 2.75) is 31.8 Å². The summed E-state index contributed by atoms with van der Waals surface area (Å²) in [6.45, 7) is 4.76. The van der Waals surface area contributed by atoms with Gasteiger partial charge in [-0.1, -0.05) is 0 Å². The lowest BCUT2D eigenvalue weighted by Crippen LogP contribution is -2.42. The summed E-state index contributed by atoms with van der Waals surface area (Å²) >= 11 is 0. The first-order valence-electron chi connectivity index (χ1n) is 4.62. The van der Waals surface area contributed by atoms with Gasteiger partial charge in [-0.05, 0) is 19.4 Å². The molecule has 0 spiro atoms. The third-order valence-electron chi connectivity index (χ3n) is 2.86. The summed E-state index contributed by atoms with van der Waals surface area (Å²) < 4.78 is 5.39. The fraction of sp³-hybridized carbons (Fsp3) is 0.889. The number of halogens is 1. The van der Waals surface area contributed by atoms with Crippen LogP contribution in [0.25, 0.3) is 0 Å². The van der Waals surface area contributed by atoms with E-state index in [9.17, 15) is 4.79 Å². The van der Waals surface area contributed by atoms with Gasteiger partial charge in [-0.25, -0.2) is 0 Å². The van der Waals surface area contributed by atoms with Crippen molar-refractivity contribution in [2.75, 3.05) is 19.6 Å². The van der Waals surface area contributed by atoms with Crippen molar-refractivity contribution in [3.05, 3.63) is 0 Å². The zero-order chi connectivity index (χ0) is 8.60. The number of carbonyl (C=O) groups excluding carboxylic acids is 1. The lowest BCUT2D eigenvalue weighted by molar-refractivity contribution is -0.157. The van der Waals surface area contributed by atoms with Gasteiger partial charge in [0, 0.05) is 26.4 Å². The van der Waals surface area contributed by atoms with Gasteiger partial charge in [0.15, 0.2) is 0 Å². The molecular weight excluding hydrogens is 190 g/mol. The fourth-order valence-electron chi connectivity index (χ4n) is 2.39. The third-order valence-corrected chi connectivity index (χ3v) is 2.86. The molecule has 2 aliphatic heterocycles. The summed E-state index contributed by atoms with van der Waals surface area (Å²) in [4.78, 5) is 13.2. The number of ether oxygens (including phenoxy) is 1. The molecule has 13 heavy (non-hydrogen) atoms. The summed E-state index contributed by atoms with van der Waals surface area (Å²) in [6, 6.07) is 0. The van der Waals surface area contributed by atoms with Crippen molar-refractivity contribution in [2.24, 2.45) is 0 Å². The average molecular weight is 206 g/mol. The van der Waals surface area contributed by atoms with E-state index in [4.69, 9.17) is 4.74 Å². The van der Waals surface area contributed by atoms with Crippen LogP contribution in [0, 0.1) is 0 Å². The number of rotatable bonds is 1. The number of hydrogen-bond acceptors (Lipinski definition) is 3. The average Bonchev–Trinajstić information content (AvgIpc) is 2.25. The van der Waals surface area contributed by atoms with E-state index in [1.54, 1.807) is 0 Å². The topological polar surface area (TPSA) is 29.5 Å². The Hall–Kier alpha value is -0.280. The summed E-state index contributed by atoms with van der Waals surface area (Å²) in [5.74, 6) is -0.126. The molecule has 0 amide bonds. The molecule has 2 unspecified atom stereocenters. The first-order valence-corrected chi connectivity index (χ1v) is 4.62. The molecule has 0 radical (unpaired) electrons. The number of esters is 1. The predicted octanol–water partition coefficient (Wildman–Crippen LogP) is 1.21. The highest BCUT2D eigenvalue weighted by molar-refractivity contribution is 5.85. The van der Waals surface area contributed by atoms with E-state index in [2.05, 4.69) is 4.90 Å². The molecule has 0 aromatic rings. The van der Waals surface area contributed by atoms with Crippen LogP contribution >= 0.6 is 12.4 Å². The minimum absolute atomic E-state index is 0. The van der Waals surface area contributed by atoms with Crippen LogP contribution in [0.5, 0.6) is 0 Å². The molecule has 76 valence electrons. The summed E-state index contributed by atoms with van der Waals surface area (Å²) in [7, 11) is 0. The predicted molar refractivity (Wildman–Crippen MR) is 52.0 cm³/mol. The lowest BCUT2D eigenvalue weighted by atomic mass is 9.95. The first-order chi connectivity index (χ1) is 5.70. The Balaban J connectivity index is 0.000000845. The highest BCUT2D eigenvalue weighted by atomic mass is 35.5. The van der Waals surface area contributed by atoms with Crippen molar-refractivity contribution < 1.29 is 9.53 Å². The molecule has 2 saturated heterocycles. The maximum Gasteiger partial charge on any atom is 0.303 e. The smallest absolute Gasteiger partial charge is 0.303 e. The van der Waals surface area contributed by atoms with E-state index >= 15 is 0 Å². The summed E-state index contributed by atoms with van der Waals surface area (Å²) in [5.41, 5.74) is -0.107. The monoisotopic (exact) mass is 205 g/mol. The van der Waals surface area contributed by atoms with Crippen LogP contribution in [0.15, 0.2) is 0 Å². The van der Waals surface area contributed by atoms with Crippen LogP contribution in [0.3, 0.4) is 0 Å². The Kier molecular flexibility index (Phi) is 3.19. The van der Waals surface area contributed by atoms with Crippen LogP contribution in [0.4, 0.5) is 0 Å². The van der Waals surface area contributed by atoms with Gasteiger partial charge in [0.2, 0.25) is 0 Å². The molecule has 4 heteroatoms. The third kappa shape index (κ3) is 2.15. The number of hydrogen-bond donors (Lipinski definition) is 0. The van der Waals surface area contributed by atoms with Gasteiger partial charge in [0.05, 0.1) is 0 Å². The van der Waals surface area contributed by atoms with Crippen molar-refractivity contribution in [1.29, 1.82) is 0 Å². The second kappa shape index (κ2) is 3.84. The molecule has 2 rings (SSSR count). The molecule has 0 aromatic carbocycles. The number of fused-ring (bicyclic) bond motifs is 2. The van der Waals surface area contributed by atoms with E-state index in [0.29, 0.717) is 0 Å². The molecule has 2 atom stereocenters. The molecule has 0 saturated carbocycles. The Morgan fingerprint density at radius 2 is 2.15 bits per heavy atom. The van der Waals surface area contributed by atoms with Gasteiger partial charge in [-0.3, -0.25) is 9.69 Å². The maximum atomic E-state index is 10.9. The van der Waals surface area contributed by atoms with Gasteiger partial charge in [0.25, 0.3) is 0 Å².